The first kappa shape index (κ1) is 17.8. The van der Waals surface area contributed by atoms with Gasteiger partial charge in [-0.3, -0.25) is 0 Å². The van der Waals surface area contributed by atoms with Crippen LogP contribution in [0.1, 0.15) is 23.8 Å². The van der Waals surface area contributed by atoms with Crippen molar-refractivity contribution in [1.29, 1.82) is 0 Å². The van der Waals surface area contributed by atoms with Gasteiger partial charge >= 0.3 is 0 Å². The van der Waals surface area contributed by atoms with Crippen LogP contribution < -0.4 is 0 Å². The molecule has 0 amide bonds. The minimum absolute atomic E-state index is 0.367. The van der Waals surface area contributed by atoms with Gasteiger partial charge in [-0.25, -0.2) is 4.98 Å². The Kier molecular flexibility index (Phi) is 5.30. The second-order valence-electron chi connectivity index (χ2n) is 6.70. The van der Waals surface area contributed by atoms with Gasteiger partial charge in [0.1, 0.15) is 18.3 Å². The van der Waals surface area contributed by atoms with Crippen molar-refractivity contribution in [2.45, 2.75) is 37.8 Å². The summed E-state index contributed by atoms with van der Waals surface area (Å²) in [5.41, 5.74) is 1.50. The van der Waals surface area contributed by atoms with Crippen LogP contribution >= 0.6 is 19.1 Å². The number of nitrogens with zero attached hydrogens (tertiary/aromatic N) is 2. The molecule has 2 heterocycles. The first-order valence-electron chi connectivity index (χ1n) is 7.33. The highest BCUT2D eigenvalue weighted by atomic mass is 32.1. The van der Waals surface area contributed by atoms with Crippen LogP contribution in [-0.4, -0.2) is 63.9 Å². The van der Waals surface area contributed by atoms with Gasteiger partial charge in [0, 0.05) is 24.5 Å². The van der Waals surface area contributed by atoms with Gasteiger partial charge in [0.2, 0.25) is 0 Å². The Hall–Kier alpha value is -0.520. The van der Waals surface area contributed by atoms with Gasteiger partial charge in [0.25, 0.3) is 0 Å². The molecule has 1 saturated heterocycles. The molecule has 0 bridgehead atoms. The molecule has 1 fully saturated rings. The summed E-state index contributed by atoms with van der Waals surface area (Å²) in [6.07, 6.45) is 4.85. The van der Waals surface area contributed by atoms with E-state index in [4.69, 9.17) is 17.0 Å². The van der Waals surface area contributed by atoms with Crippen LogP contribution in [-0.2, 0) is 11.8 Å². The summed E-state index contributed by atoms with van der Waals surface area (Å²) in [6.45, 7) is 4.96. The van der Waals surface area contributed by atoms with E-state index in [0.29, 0.717) is 11.2 Å². The largest absolute Gasteiger partial charge is 0.388 e. The maximum Gasteiger partial charge on any atom is 0.199 e. The molecule has 0 radical (unpaired) electrons. The summed E-state index contributed by atoms with van der Waals surface area (Å²) in [6, 6.07) is 0. The molecular weight excluding hydrogens is 319 g/mol. The summed E-state index contributed by atoms with van der Waals surface area (Å²) < 4.78 is 8.15. The van der Waals surface area contributed by atoms with Gasteiger partial charge in [0.05, 0.1) is 6.10 Å². The minimum atomic E-state index is -1.18. The molecule has 22 heavy (non-hydrogen) atoms. The average molecular weight is 344 g/mol. The number of hydrogen-bond acceptors (Lipinski definition) is 5. The molecule has 7 heteroatoms. The summed E-state index contributed by atoms with van der Waals surface area (Å²) in [4.78, 5) is 4.29. The Bertz CT molecular complexity index is 655. The van der Waals surface area contributed by atoms with Crippen molar-refractivity contribution in [3.8, 4) is 0 Å². The summed E-state index contributed by atoms with van der Waals surface area (Å²) in [5, 5.41) is 20.6. The van der Waals surface area contributed by atoms with Crippen LogP contribution in [0.4, 0.5) is 0 Å². The molecule has 2 N–H and O–H groups in total. The maximum atomic E-state index is 10.4. The average Bonchev–Trinajstić information content (AvgIpc) is 2.68. The SMILES string of the molecule is C=P(C)(C)CC[C@H]1O[C@@H](c2cn(C)c(=S)nc2C)C(O)[C@@H]1O. The van der Waals surface area contributed by atoms with Crippen molar-refractivity contribution >= 4 is 25.4 Å². The van der Waals surface area contributed by atoms with E-state index < -0.39 is 25.2 Å². The van der Waals surface area contributed by atoms with E-state index in [-0.39, 0.29) is 6.10 Å². The van der Waals surface area contributed by atoms with Gasteiger partial charge in [0.15, 0.2) is 4.77 Å². The smallest absolute Gasteiger partial charge is 0.199 e. The highest BCUT2D eigenvalue weighted by molar-refractivity contribution is 7.72. The Morgan fingerprint density at radius 1 is 1.41 bits per heavy atom. The third-order valence-corrected chi connectivity index (χ3v) is 5.85. The van der Waals surface area contributed by atoms with Gasteiger partial charge in [-0.15, -0.1) is 13.2 Å². The fourth-order valence-corrected chi connectivity index (χ4v) is 3.79. The molecule has 0 saturated carbocycles. The van der Waals surface area contributed by atoms with Crippen molar-refractivity contribution < 1.29 is 14.9 Å². The molecule has 0 aromatic carbocycles. The van der Waals surface area contributed by atoms with Gasteiger partial charge in [-0.05, 0) is 45.1 Å². The molecular formula is C15H25N2O3PS. The summed E-state index contributed by atoms with van der Waals surface area (Å²) in [5.74, 6) is 0. The van der Waals surface area contributed by atoms with Crippen molar-refractivity contribution in [1.82, 2.24) is 9.55 Å². The molecule has 5 nitrogen and oxygen atoms in total. The highest BCUT2D eigenvalue weighted by Crippen LogP contribution is 2.40. The van der Waals surface area contributed by atoms with Gasteiger partial charge in [-0.1, -0.05) is 0 Å². The molecule has 124 valence electrons. The van der Waals surface area contributed by atoms with E-state index in [9.17, 15) is 10.2 Å². The molecule has 0 aliphatic carbocycles. The predicted octanol–water partition coefficient (Wildman–Crippen LogP) is 1.72. The molecule has 2 rings (SSSR count). The Balaban J connectivity index is 2.21. The number of ether oxygens (including phenoxy) is 1. The fraction of sp³-hybridized carbons (Fsp3) is 0.667. The van der Waals surface area contributed by atoms with Gasteiger partial charge in [-0.2, -0.15) is 0 Å². The molecule has 4 atom stereocenters. The zero-order chi connectivity index (χ0) is 16.7. The maximum absolute atomic E-state index is 10.4. The number of aryl methyl sites for hydroxylation is 2. The lowest BCUT2D eigenvalue weighted by molar-refractivity contribution is 0.00521. The standard InChI is InChI=1S/C15H25N2O3PS/c1-9-10(8-17(2)15(22)16-9)14-13(19)12(18)11(20-14)6-7-21(3,4)5/h8,11-14,18-19H,3,6-7H2,1-2,4-5H3/t11-,12-,13?,14+/m1/s1. The van der Waals surface area contributed by atoms with Gasteiger partial charge < -0.3 is 19.5 Å². The lowest BCUT2D eigenvalue weighted by atomic mass is 10.0. The second kappa shape index (κ2) is 6.54. The fourth-order valence-electron chi connectivity index (χ4n) is 2.64. The molecule has 1 aliphatic heterocycles. The lowest BCUT2D eigenvalue weighted by Gasteiger charge is -2.19. The molecule has 1 aromatic heterocycles. The summed E-state index contributed by atoms with van der Waals surface area (Å²) in [7, 11) is 1.81. The quantitative estimate of drug-likeness (QED) is 0.643. The zero-order valence-corrected chi connectivity index (χ0v) is 15.3. The van der Waals surface area contributed by atoms with E-state index in [0.717, 1.165) is 17.4 Å². The second-order valence-corrected chi connectivity index (χ2v) is 11.4. The molecule has 0 spiro atoms. The first-order chi connectivity index (χ1) is 10.1. The topological polar surface area (TPSA) is 67.5 Å². The number of aromatic nitrogens is 2. The summed E-state index contributed by atoms with van der Waals surface area (Å²) >= 11 is 5.13. The van der Waals surface area contributed by atoms with Crippen LogP contribution in [0.25, 0.3) is 0 Å². The van der Waals surface area contributed by atoms with E-state index >= 15 is 0 Å². The van der Waals surface area contributed by atoms with Crippen LogP contribution in [0, 0.1) is 11.7 Å². The zero-order valence-electron chi connectivity index (χ0n) is 13.6. The predicted molar refractivity (Wildman–Crippen MR) is 93.8 cm³/mol. The monoisotopic (exact) mass is 344 g/mol. The Morgan fingerprint density at radius 3 is 2.64 bits per heavy atom. The Morgan fingerprint density at radius 2 is 2.05 bits per heavy atom. The highest BCUT2D eigenvalue weighted by Gasteiger charge is 2.43. The minimum Gasteiger partial charge on any atom is -0.388 e. The number of hydrogen-bond donors (Lipinski definition) is 2. The Labute approximate surface area is 136 Å². The van der Waals surface area contributed by atoms with Crippen molar-refractivity contribution in [3.63, 3.8) is 0 Å². The number of aliphatic hydroxyl groups excluding tert-OH is 2. The van der Waals surface area contributed by atoms with Crippen LogP contribution in [0.5, 0.6) is 0 Å². The van der Waals surface area contributed by atoms with E-state index in [1.807, 2.05) is 20.2 Å². The van der Waals surface area contributed by atoms with Crippen LogP contribution in [0.15, 0.2) is 6.20 Å². The third-order valence-electron chi connectivity index (χ3n) is 4.00. The van der Waals surface area contributed by atoms with Crippen LogP contribution in [0.3, 0.4) is 0 Å². The van der Waals surface area contributed by atoms with Crippen LogP contribution in [0.2, 0.25) is 0 Å². The number of rotatable bonds is 4. The molecule has 1 aromatic rings. The van der Waals surface area contributed by atoms with Crippen molar-refractivity contribution in [2.75, 3.05) is 19.5 Å². The number of aliphatic hydroxyl groups is 2. The van der Waals surface area contributed by atoms with E-state index in [2.05, 4.69) is 24.6 Å². The van der Waals surface area contributed by atoms with E-state index in [1.54, 1.807) is 4.57 Å². The first-order valence-corrected chi connectivity index (χ1v) is 10.8. The molecule has 1 aliphatic rings. The normalized spacial score (nSPS) is 29.0. The molecule has 1 unspecified atom stereocenters. The third kappa shape index (κ3) is 3.87. The van der Waals surface area contributed by atoms with E-state index in [1.165, 1.54) is 0 Å². The van der Waals surface area contributed by atoms with Crippen molar-refractivity contribution in [3.05, 3.63) is 22.2 Å². The van der Waals surface area contributed by atoms with Crippen molar-refractivity contribution in [2.24, 2.45) is 7.05 Å². The lowest BCUT2D eigenvalue weighted by Crippen LogP contribution is -2.31.